The number of benzene rings is 1. The van der Waals surface area contributed by atoms with Crippen LogP contribution in [0.2, 0.25) is 0 Å². The van der Waals surface area contributed by atoms with E-state index in [9.17, 15) is 9.59 Å². The molecule has 3 rings (SSSR count). The van der Waals surface area contributed by atoms with Gasteiger partial charge in [-0.2, -0.15) is 5.10 Å². The van der Waals surface area contributed by atoms with Crippen LogP contribution in [-0.4, -0.2) is 33.4 Å². The molecule has 1 aromatic carbocycles. The summed E-state index contributed by atoms with van der Waals surface area (Å²) in [6.07, 6.45) is 7.10. The number of amides is 1. The molecule has 0 aliphatic heterocycles. The molecule has 7 nitrogen and oxygen atoms in total. The topological polar surface area (TPSA) is 93.5 Å². The number of carbonyl (C=O) groups is 2. The largest absolute Gasteiger partial charge is 0.494 e. The molecule has 0 spiro atoms. The molecule has 0 saturated heterocycles. The first-order valence-corrected chi connectivity index (χ1v) is 8.93. The Labute approximate surface area is 152 Å². The minimum absolute atomic E-state index is 0.0850. The van der Waals surface area contributed by atoms with Crippen LogP contribution >= 0.6 is 0 Å². The highest BCUT2D eigenvalue weighted by Crippen LogP contribution is 2.28. The van der Waals surface area contributed by atoms with Gasteiger partial charge in [0, 0.05) is 18.3 Å². The fourth-order valence-electron chi connectivity index (χ4n) is 3.07. The monoisotopic (exact) mass is 357 g/mol. The SMILES string of the molecule is O=C(O)CCCOc1ccc(NC(=O)c2ccn(C3CCCC3)n2)cc1. The molecule has 2 aromatic rings. The van der Waals surface area contributed by atoms with Crippen molar-refractivity contribution in [3.05, 3.63) is 42.2 Å². The summed E-state index contributed by atoms with van der Waals surface area (Å²) in [4.78, 5) is 22.8. The summed E-state index contributed by atoms with van der Waals surface area (Å²) in [5.74, 6) is -0.433. The zero-order valence-electron chi connectivity index (χ0n) is 14.6. The number of hydrogen-bond donors (Lipinski definition) is 2. The maximum atomic E-state index is 12.3. The molecule has 1 aromatic heterocycles. The van der Waals surface area contributed by atoms with Crippen LogP contribution in [0.4, 0.5) is 5.69 Å². The minimum atomic E-state index is -0.831. The first-order valence-electron chi connectivity index (χ1n) is 8.93. The molecule has 1 aliphatic carbocycles. The zero-order valence-corrected chi connectivity index (χ0v) is 14.6. The van der Waals surface area contributed by atoms with Crippen LogP contribution < -0.4 is 10.1 Å². The third kappa shape index (κ3) is 4.84. The highest BCUT2D eigenvalue weighted by atomic mass is 16.5. The first kappa shape index (κ1) is 18.0. The van der Waals surface area contributed by atoms with E-state index in [-0.39, 0.29) is 12.3 Å². The van der Waals surface area contributed by atoms with Crippen molar-refractivity contribution in [2.45, 2.75) is 44.6 Å². The number of nitrogens with zero attached hydrogens (tertiary/aromatic N) is 2. The first-order chi connectivity index (χ1) is 12.6. The molecule has 1 heterocycles. The summed E-state index contributed by atoms with van der Waals surface area (Å²) >= 11 is 0. The van der Waals surface area contributed by atoms with Crippen LogP contribution in [0.3, 0.4) is 0 Å². The molecule has 1 aliphatic rings. The molecule has 138 valence electrons. The number of carboxylic acid groups (broad SMARTS) is 1. The average Bonchev–Trinajstić information content (AvgIpc) is 3.31. The lowest BCUT2D eigenvalue weighted by molar-refractivity contribution is -0.137. The number of carboxylic acids is 1. The fraction of sp³-hybridized carbons (Fsp3) is 0.421. The third-order valence-corrected chi connectivity index (χ3v) is 4.46. The van der Waals surface area contributed by atoms with Crippen molar-refractivity contribution < 1.29 is 19.4 Å². The maximum Gasteiger partial charge on any atom is 0.303 e. The fourth-order valence-corrected chi connectivity index (χ4v) is 3.07. The molecule has 26 heavy (non-hydrogen) atoms. The van der Waals surface area contributed by atoms with Gasteiger partial charge in [-0.25, -0.2) is 0 Å². The molecule has 0 unspecified atom stereocenters. The van der Waals surface area contributed by atoms with Gasteiger partial charge in [0.25, 0.3) is 5.91 Å². The van der Waals surface area contributed by atoms with E-state index in [1.54, 1.807) is 30.3 Å². The lowest BCUT2D eigenvalue weighted by Crippen LogP contribution is -2.14. The van der Waals surface area contributed by atoms with Crippen LogP contribution in [0.25, 0.3) is 0 Å². The molecule has 2 N–H and O–H groups in total. The second-order valence-corrected chi connectivity index (χ2v) is 6.44. The van der Waals surface area contributed by atoms with E-state index in [0.29, 0.717) is 36.2 Å². The van der Waals surface area contributed by atoms with Crippen molar-refractivity contribution in [1.29, 1.82) is 0 Å². The molecule has 1 fully saturated rings. The molecular formula is C19H23N3O4. The zero-order chi connectivity index (χ0) is 18.4. The lowest BCUT2D eigenvalue weighted by Gasteiger charge is -2.09. The van der Waals surface area contributed by atoms with Gasteiger partial charge in [-0.15, -0.1) is 0 Å². The molecule has 1 amide bonds. The van der Waals surface area contributed by atoms with Crippen LogP contribution in [-0.2, 0) is 4.79 Å². The van der Waals surface area contributed by atoms with E-state index in [4.69, 9.17) is 9.84 Å². The van der Waals surface area contributed by atoms with E-state index in [2.05, 4.69) is 10.4 Å². The number of aromatic nitrogens is 2. The number of ether oxygens (including phenoxy) is 1. The van der Waals surface area contributed by atoms with Gasteiger partial charge in [0.1, 0.15) is 5.75 Å². The standard InChI is InChI=1S/C19H23N3O4/c23-18(24)6-3-13-26-16-9-7-14(8-10-16)20-19(25)17-11-12-22(21-17)15-4-1-2-5-15/h7-12,15H,1-6,13H2,(H,20,25)(H,23,24). The van der Waals surface area contributed by atoms with Crippen molar-refractivity contribution in [2.75, 3.05) is 11.9 Å². The Balaban J connectivity index is 1.50. The molecular weight excluding hydrogens is 334 g/mol. The van der Waals surface area contributed by atoms with Crippen LogP contribution in [0.5, 0.6) is 5.75 Å². The molecule has 0 radical (unpaired) electrons. The van der Waals surface area contributed by atoms with E-state index < -0.39 is 5.97 Å². The van der Waals surface area contributed by atoms with Crippen molar-refractivity contribution >= 4 is 17.6 Å². The summed E-state index contributed by atoms with van der Waals surface area (Å²) in [6.45, 7) is 0.344. The summed E-state index contributed by atoms with van der Waals surface area (Å²) in [5.41, 5.74) is 1.06. The van der Waals surface area contributed by atoms with E-state index in [1.165, 1.54) is 12.8 Å². The number of rotatable bonds is 8. The van der Waals surface area contributed by atoms with E-state index >= 15 is 0 Å². The van der Waals surface area contributed by atoms with Gasteiger partial charge in [0.2, 0.25) is 0 Å². The molecule has 7 heteroatoms. The highest BCUT2D eigenvalue weighted by molar-refractivity contribution is 6.02. The van der Waals surface area contributed by atoms with Crippen molar-refractivity contribution in [2.24, 2.45) is 0 Å². The summed E-state index contributed by atoms with van der Waals surface area (Å²) in [6, 6.07) is 9.14. The number of anilines is 1. The van der Waals surface area contributed by atoms with E-state index in [0.717, 1.165) is 12.8 Å². The second kappa shape index (κ2) is 8.51. The average molecular weight is 357 g/mol. The van der Waals surface area contributed by atoms with Gasteiger partial charge < -0.3 is 15.2 Å². The third-order valence-electron chi connectivity index (χ3n) is 4.46. The number of carbonyl (C=O) groups excluding carboxylic acids is 1. The number of hydrogen-bond acceptors (Lipinski definition) is 4. The predicted molar refractivity (Wildman–Crippen MR) is 96.5 cm³/mol. The van der Waals surface area contributed by atoms with Crippen LogP contribution in [0.1, 0.15) is 55.1 Å². The summed E-state index contributed by atoms with van der Waals surface area (Å²) in [7, 11) is 0. The van der Waals surface area contributed by atoms with Crippen molar-refractivity contribution in [1.82, 2.24) is 9.78 Å². The Morgan fingerprint density at radius 3 is 2.62 bits per heavy atom. The Hall–Kier alpha value is -2.83. The Morgan fingerprint density at radius 1 is 1.19 bits per heavy atom. The van der Waals surface area contributed by atoms with E-state index in [1.807, 2.05) is 10.9 Å². The molecule has 1 saturated carbocycles. The highest BCUT2D eigenvalue weighted by Gasteiger charge is 2.19. The maximum absolute atomic E-state index is 12.3. The summed E-state index contributed by atoms with van der Waals surface area (Å²) in [5, 5.41) is 15.8. The lowest BCUT2D eigenvalue weighted by atomic mass is 10.3. The second-order valence-electron chi connectivity index (χ2n) is 6.44. The predicted octanol–water partition coefficient (Wildman–Crippen LogP) is 3.49. The molecule has 0 atom stereocenters. The minimum Gasteiger partial charge on any atom is -0.494 e. The van der Waals surface area contributed by atoms with Gasteiger partial charge in [0.05, 0.1) is 12.6 Å². The Morgan fingerprint density at radius 2 is 1.92 bits per heavy atom. The Kier molecular flexibility index (Phi) is 5.88. The van der Waals surface area contributed by atoms with Crippen LogP contribution in [0, 0.1) is 0 Å². The molecule has 0 bridgehead atoms. The van der Waals surface area contributed by atoms with Gasteiger partial charge in [0.15, 0.2) is 5.69 Å². The van der Waals surface area contributed by atoms with Crippen molar-refractivity contribution in [3.8, 4) is 5.75 Å². The smallest absolute Gasteiger partial charge is 0.303 e. The Bertz CT molecular complexity index is 748. The number of aliphatic carboxylic acids is 1. The number of nitrogens with one attached hydrogen (secondary N) is 1. The van der Waals surface area contributed by atoms with Gasteiger partial charge in [-0.1, -0.05) is 12.8 Å². The normalized spacial score (nSPS) is 14.3. The summed E-state index contributed by atoms with van der Waals surface area (Å²) < 4.78 is 7.37. The van der Waals surface area contributed by atoms with Crippen molar-refractivity contribution in [3.63, 3.8) is 0 Å². The van der Waals surface area contributed by atoms with Gasteiger partial charge >= 0.3 is 5.97 Å². The van der Waals surface area contributed by atoms with Gasteiger partial charge in [-0.3, -0.25) is 14.3 Å². The van der Waals surface area contributed by atoms with Crippen LogP contribution in [0.15, 0.2) is 36.5 Å². The van der Waals surface area contributed by atoms with Gasteiger partial charge in [-0.05, 0) is 49.6 Å². The quantitative estimate of drug-likeness (QED) is 0.705.